The summed E-state index contributed by atoms with van der Waals surface area (Å²) in [6.45, 7) is 2.23. The monoisotopic (exact) mass is 446 g/mol. The summed E-state index contributed by atoms with van der Waals surface area (Å²) in [4.78, 5) is 29.1. The Hall–Kier alpha value is -2.14. The molecule has 4 atom stereocenters. The fraction of sp³-hybridized carbons (Fsp3) is 0.700. The molecule has 1 aromatic rings. The first-order valence-corrected chi connectivity index (χ1v) is 10.4. The maximum Gasteiger partial charge on any atom is 0.390 e. The zero-order valence-corrected chi connectivity index (χ0v) is 17.3. The van der Waals surface area contributed by atoms with Gasteiger partial charge in [0.1, 0.15) is 11.0 Å². The van der Waals surface area contributed by atoms with Crippen molar-refractivity contribution in [1.29, 1.82) is 0 Å². The first kappa shape index (κ1) is 22.1. The Kier molecular flexibility index (Phi) is 5.53. The van der Waals surface area contributed by atoms with Gasteiger partial charge in [0.2, 0.25) is 0 Å². The zero-order chi connectivity index (χ0) is 22.7. The van der Waals surface area contributed by atoms with Crippen LogP contribution in [0.1, 0.15) is 38.6 Å². The maximum atomic E-state index is 15.6. The third kappa shape index (κ3) is 3.93. The Morgan fingerprint density at radius 1 is 1.26 bits per heavy atom. The molecule has 3 aliphatic rings. The van der Waals surface area contributed by atoms with E-state index in [1.165, 1.54) is 11.7 Å². The average Bonchev–Trinajstić information content (AvgIpc) is 3.37. The number of hydrogen-bond acceptors (Lipinski definition) is 5. The van der Waals surface area contributed by atoms with E-state index in [1.807, 2.05) is 0 Å². The van der Waals surface area contributed by atoms with Crippen LogP contribution in [0.2, 0.25) is 0 Å². The Bertz CT molecular complexity index is 1110. The van der Waals surface area contributed by atoms with Crippen molar-refractivity contribution in [3.8, 4) is 0 Å². The summed E-state index contributed by atoms with van der Waals surface area (Å²) in [6, 6.07) is -2.00. The third-order valence-electron chi connectivity index (χ3n) is 6.59. The number of alkyl halides is 4. The number of hydrogen-bond donors (Lipinski definition) is 2. The van der Waals surface area contributed by atoms with E-state index in [0.29, 0.717) is 23.9 Å². The van der Waals surface area contributed by atoms with Gasteiger partial charge in [0.05, 0.1) is 24.9 Å². The molecule has 172 valence electrons. The van der Waals surface area contributed by atoms with Crippen LogP contribution in [-0.4, -0.2) is 59.1 Å². The van der Waals surface area contributed by atoms with Gasteiger partial charge >= 0.3 is 11.9 Å². The molecule has 0 bridgehead atoms. The van der Waals surface area contributed by atoms with Crippen LogP contribution in [0, 0.1) is 5.92 Å². The van der Waals surface area contributed by atoms with Crippen molar-refractivity contribution in [2.45, 2.75) is 63.1 Å². The minimum Gasteiger partial charge on any atom is -0.497 e. The van der Waals surface area contributed by atoms with Crippen LogP contribution >= 0.6 is 0 Å². The van der Waals surface area contributed by atoms with Gasteiger partial charge in [-0.1, -0.05) is 0 Å². The van der Waals surface area contributed by atoms with E-state index in [0.717, 1.165) is 12.8 Å². The Morgan fingerprint density at radius 3 is 2.52 bits per heavy atom. The first-order valence-electron chi connectivity index (χ1n) is 10.4. The lowest BCUT2D eigenvalue weighted by Crippen LogP contribution is -2.61. The quantitative estimate of drug-likeness (QED) is 0.627. The van der Waals surface area contributed by atoms with E-state index in [9.17, 15) is 22.8 Å². The molecule has 11 heteroatoms. The molecule has 1 saturated heterocycles. The second kappa shape index (κ2) is 7.77. The smallest absolute Gasteiger partial charge is 0.390 e. The van der Waals surface area contributed by atoms with Crippen LogP contribution in [0.25, 0.3) is 11.3 Å². The molecule has 2 heterocycles. The molecule has 4 rings (SSSR count). The topological polar surface area (TPSA) is 93.3 Å². The summed E-state index contributed by atoms with van der Waals surface area (Å²) in [5.74, 6) is -0.594. The molecular formula is C20H26F4N4O3. The van der Waals surface area contributed by atoms with E-state index in [2.05, 4.69) is 4.98 Å². The number of aromatic nitrogens is 2. The molecule has 31 heavy (non-hydrogen) atoms. The van der Waals surface area contributed by atoms with E-state index >= 15 is 4.39 Å². The fourth-order valence-electron chi connectivity index (χ4n) is 5.01. The molecule has 0 radical (unpaired) electrons. The van der Waals surface area contributed by atoms with Crippen molar-refractivity contribution in [3.05, 3.63) is 31.4 Å². The highest BCUT2D eigenvalue weighted by molar-refractivity contribution is 5.60. The molecule has 0 amide bonds. The predicted octanol–water partition coefficient (Wildman–Crippen LogP) is 0.119. The standard InChI is InChI=1S/C20H26F4N4O3/c1-9-15-13(18(29)26-19(30)28(15)11-3-4-11)17(31-2)14(21)16(9)27-6-5-10(8-27)12(25)7-20(22,23)24/h10-12,14,16H,3-8,25H2,1-2H3,(H,26,29,30). The van der Waals surface area contributed by atoms with E-state index in [4.69, 9.17) is 10.5 Å². The third-order valence-corrected chi connectivity index (χ3v) is 6.59. The number of nitrogens with zero attached hydrogens (tertiary/aromatic N) is 2. The van der Waals surface area contributed by atoms with Crippen molar-refractivity contribution < 1.29 is 22.3 Å². The molecule has 4 unspecified atom stereocenters. The number of rotatable bonds is 5. The molecule has 2 aliphatic carbocycles. The average molecular weight is 446 g/mol. The van der Waals surface area contributed by atoms with Crippen LogP contribution in [0.15, 0.2) is 9.59 Å². The molecule has 2 fully saturated rings. The van der Waals surface area contributed by atoms with Crippen LogP contribution in [0.3, 0.4) is 0 Å². The van der Waals surface area contributed by atoms with Gasteiger partial charge in [-0.25, -0.2) is 9.18 Å². The summed E-state index contributed by atoms with van der Waals surface area (Å²) in [5, 5.41) is 0.370. The molecule has 1 saturated carbocycles. The number of aromatic amines is 1. The van der Waals surface area contributed by atoms with Crippen molar-refractivity contribution in [3.63, 3.8) is 0 Å². The van der Waals surface area contributed by atoms with E-state index < -0.39 is 48.0 Å². The number of halogens is 4. The highest BCUT2D eigenvalue weighted by Gasteiger charge is 2.43. The van der Waals surface area contributed by atoms with Crippen molar-refractivity contribution >= 4 is 11.3 Å². The van der Waals surface area contributed by atoms with Gasteiger partial charge in [-0.05, 0) is 44.2 Å². The second-order valence-corrected chi connectivity index (χ2v) is 8.71. The second-order valence-electron chi connectivity index (χ2n) is 8.71. The summed E-state index contributed by atoms with van der Waals surface area (Å²) in [7, 11) is 1.27. The first-order chi connectivity index (χ1) is 14.5. The minimum atomic E-state index is -4.36. The lowest BCUT2D eigenvalue weighted by molar-refractivity contribution is -0.140. The number of ether oxygens (including phenoxy) is 1. The fourth-order valence-corrected chi connectivity index (χ4v) is 5.01. The van der Waals surface area contributed by atoms with Crippen molar-refractivity contribution in [1.82, 2.24) is 14.5 Å². The van der Waals surface area contributed by atoms with Crippen molar-refractivity contribution in [2.75, 3.05) is 20.2 Å². The number of methoxy groups -OCH3 is 1. The number of fused-ring (bicyclic) bond motifs is 1. The van der Waals surface area contributed by atoms with Crippen LogP contribution < -0.4 is 27.6 Å². The van der Waals surface area contributed by atoms with Crippen LogP contribution in [0.5, 0.6) is 0 Å². The molecule has 3 N–H and O–H groups in total. The largest absolute Gasteiger partial charge is 0.497 e. The lowest BCUT2D eigenvalue weighted by atomic mass is 9.93. The number of nitrogens with two attached hydrogens (primary N) is 1. The lowest BCUT2D eigenvalue weighted by Gasteiger charge is -2.35. The summed E-state index contributed by atoms with van der Waals surface area (Å²) in [5.41, 5.74) is 5.04. The minimum absolute atomic E-state index is 0.0137. The Morgan fingerprint density at radius 2 is 1.94 bits per heavy atom. The number of H-pyrrole nitrogens is 1. The Labute approximate surface area is 175 Å². The van der Waals surface area contributed by atoms with Gasteiger partial charge in [-0.3, -0.25) is 19.2 Å². The van der Waals surface area contributed by atoms with Gasteiger partial charge in [0.15, 0.2) is 6.17 Å². The van der Waals surface area contributed by atoms with Gasteiger partial charge in [0, 0.05) is 18.6 Å². The normalized spacial score (nSPS) is 28.0. The predicted molar refractivity (Wildman–Crippen MR) is 105 cm³/mol. The maximum absolute atomic E-state index is 15.6. The summed E-state index contributed by atoms with van der Waals surface area (Å²) >= 11 is 0. The molecule has 0 spiro atoms. The van der Waals surface area contributed by atoms with Crippen molar-refractivity contribution in [2.24, 2.45) is 11.7 Å². The molecule has 1 aliphatic heterocycles. The van der Waals surface area contributed by atoms with E-state index in [-0.39, 0.29) is 23.6 Å². The summed E-state index contributed by atoms with van der Waals surface area (Å²) in [6.07, 6.45) is -5.19. The highest BCUT2D eigenvalue weighted by atomic mass is 19.4. The number of nitrogens with one attached hydrogen (secondary N) is 1. The summed E-state index contributed by atoms with van der Waals surface area (Å²) < 4.78 is 60.7. The number of likely N-dealkylation sites (tertiary alicyclic amines) is 1. The molecule has 1 aromatic heterocycles. The molecular weight excluding hydrogens is 420 g/mol. The van der Waals surface area contributed by atoms with Crippen LogP contribution in [-0.2, 0) is 4.74 Å². The molecule has 7 nitrogen and oxygen atoms in total. The molecule has 0 aromatic carbocycles. The van der Waals surface area contributed by atoms with Gasteiger partial charge in [-0.15, -0.1) is 0 Å². The SMILES string of the molecule is COC1=c2c(=O)[nH]c(=O)n(C3CC3)c2=C(C)C(N2CCC(C(N)CC(F)(F)F)C2)C1F. The van der Waals surface area contributed by atoms with Crippen LogP contribution in [0.4, 0.5) is 17.6 Å². The Balaban J connectivity index is 1.78. The van der Waals surface area contributed by atoms with Gasteiger partial charge in [0.25, 0.3) is 5.56 Å². The van der Waals surface area contributed by atoms with E-state index in [1.54, 1.807) is 11.8 Å². The van der Waals surface area contributed by atoms with Gasteiger partial charge in [-0.2, -0.15) is 13.2 Å². The van der Waals surface area contributed by atoms with Gasteiger partial charge < -0.3 is 10.5 Å². The highest BCUT2D eigenvalue weighted by Crippen LogP contribution is 2.35. The zero-order valence-electron chi connectivity index (χ0n) is 17.3.